The number of fused-ring (bicyclic) bond motifs is 1. The summed E-state index contributed by atoms with van der Waals surface area (Å²) >= 11 is 6.09. The summed E-state index contributed by atoms with van der Waals surface area (Å²) in [5.41, 5.74) is 1.98. The molecule has 0 bridgehead atoms. The van der Waals surface area contributed by atoms with Gasteiger partial charge in [-0.1, -0.05) is 30.6 Å². The van der Waals surface area contributed by atoms with E-state index in [1.54, 1.807) is 6.26 Å². The van der Waals surface area contributed by atoms with Crippen molar-refractivity contribution in [3.05, 3.63) is 29.0 Å². The van der Waals surface area contributed by atoms with Crippen LogP contribution in [0.15, 0.2) is 22.9 Å². The average Bonchev–Trinajstić information content (AvgIpc) is 2.50. The Morgan fingerprint density at radius 3 is 2.85 bits per heavy atom. The zero-order valence-electron chi connectivity index (χ0n) is 7.54. The molecule has 0 unspecified atom stereocenters. The minimum Gasteiger partial charge on any atom is -0.363 e. The van der Waals surface area contributed by atoms with Gasteiger partial charge in [0.05, 0.1) is 0 Å². The van der Waals surface area contributed by atoms with Gasteiger partial charge < -0.3 is 4.52 Å². The molecule has 2 rings (SSSR count). The van der Waals surface area contributed by atoms with Crippen LogP contribution in [0.25, 0.3) is 10.9 Å². The highest BCUT2D eigenvalue weighted by atomic mass is 35.5. The summed E-state index contributed by atoms with van der Waals surface area (Å²) < 4.78 is 4.90. The fraction of sp³-hybridized carbons (Fsp3) is 0.300. The average molecular weight is 196 g/mol. The Balaban J connectivity index is 2.80. The molecule has 0 saturated carbocycles. The van der Waals surface area contributed by atoms with Crippen molar-refractivity contribution in [2.45, 2.75) is 19.8 Å². The van der Waals surface area contributed by atoms with Gasteiger partial charge in [0.2, 0.25) is 0 Å². The van der Waals surface area contributed by atoms with Gasteiger partial charge in [-0.25, -0.2) is 0 Å². The van der Waals surface area contributed by atoms with E-state index in [9.17, 15) is 0 Å². The molecule has 13 heavy (non-hydrogen) atoms. The fourth-order valence-electron chi connectivity index (χ4n) is 1.52. The number of benzene rings is 1. The molecule has 0 spiro atoms. The van der Waals surface area contributed by atoms with Crippen LogP contribution < -0.4 is 0 Å². The molecule has 0 amide bonds. The van der Waals surface area contributed by atoms with Gasteiger partial charge in [0, 0.05) is 10.4 Å². The first kappa shape index (κ1) is 8.57. The summed E-state index contributed by atoms with van der Waals surface area (Å²) in [5, 5.41) is 5.67. The van der Waals surface area contributed by atoms with Crippen LogP contribution in [0.5, 0.6) is 0 Å². The van der Waals surface area contributed by atoms with Gasteiger partial charge in [0.25, 0.3) is 0 Å². The second-order valence-electron chi connectivity index (χ2n) is 3.36. The lowest BCUT2D eigenvalue weighted by Gasteiger charge is -2.07. The van der Waals surface area contributed by atoms with E-state index in [4.69, 9.17) is 16.1 Å². The molecule has 0 fully saturated rings. The molecule has 0 atom stereocenters. The molecule has 0 aliphatic heterocycles. The number of nitrogens with zero attached hydrogens (tertiary/aromatic N) is 1. The molecular formula is C10H10ClNO. The lowest BCUT2D eigenvalue weighted by Crippen LogP contribution is -1.89. The van der Waals surface area contributed by atoms with Gasteiger partial charge in [0.1, 0.15) is 11.8 Å². The molecule has 0 saturated heterocycles. The van der Waals surface area contributed by atoms with E-state index in [0.29, 0.717) is 5.92 Å². The first-order valence-electron chi connectivity index (χ1n) is 4.22. The Morgan fingerprint density at radius 2 is 2.15 bits per heavy atom. The predicted octanol–water partition coefficient (Wildman–Crippen LogP) is 3.60. The fourth-order valence-corrected chi connectivity index (χ4v) is 1.91. The highest BCUT2D eigenvalue weighted by molar-refractivity contribution is 6.32. The van der Waals surface area contributed by atoms with Crippen molar-refractivity contribution >= 4 is 22.5 Å². The summed E-state index contributed by atoms with van der Waals surface area (Å²) in [4.78, 5) is 0. The van der Waals surface area contributed by atoms with Crippen molar-refractivity contribution in [3.63, 3.8) is 0 Å². The zero-order chi connectivity index (χ0) is 9.42. The molecule has 2 nitrogen and oxygen atoms in total. The van der Waals surface area contributed by atoms with E-state index in [1.807, 2.05) is 12.1 Å². The lowest BCUT2D eigenvalue weighted by atomic mass is 10.00. The molecule has 1 aromatic carbocycles. The van der Waals surface area contributed by atoms with Gasteiger partial charge in [-0.2, -0.15) is 0 Å². The number of aromatic nitrogens is 1. The molecule has 68 valence electrons. The minimum atomic E-state index is 0.385. The monoisotopic (exact) mass is 195 g/mol. The lowest BCUT2D eigenvalue weighted by molar-refractivity contribution is 0.428. The molecule has 0 N–H and O–H groups in total. The molecule has 1 aromatic heterocycles. The van der Waals surface area contributed by atoms with Crippen LogP contribution in [-0.2, 0) is 0 Å². The molecule has 0 aliphatic rings. The van der Waals surface area contributed by atoms with E-state index in [1.165, 1.54) is 0 Å². The third-order valence-corrected chi connectivity index (χ3v) is 2.44. The first-order valence-corrected chi connectivity index (χ1v) is 4.60. The Morgan fingerprint density at radius 1 is 1.38 bits per heavy atom. The van der Waals surface area contributed by atoms with Crippen LogP contribution in [0.1, 0.15) is 25.3 Å². The van der Waals surface area contributed by atoms with Crippen molar-refractivity contribution in [1.82, 2.24) is 5.16 Å². The number of halogens is 1. The van der Waals surface area contributed by atoms with Gasteiger partial charge in [-0.05, 0) is 23.6 Å². The quantitative estimate of drug-likeness (QED) is 0.695. The van der Waals surface area contributed by atoms with Crippen molar-refractivity contribution in [1.29, 1.82) is 0 Å². The first-order chi connectivity index (χ1) is 6.20. The van der Waals surface area contributed by atoms with Gasteiger partial charge in [0.15, 0.2) is 0 Å². The molecule has 0 radical (unpaired) electrons. The van der Waals surface area contributed by atoms with Crippen LogP contribution in [0.3, 0.4) is 0 Å². The highest BCUT2D eigenvalue weighted by Gasteiger charge is 2.11. The Kier molecular flexibility index (Phi) is 2.00. The summed E-state index contributed by atoms with van der Waals surface area (Å²) in [6.07, 6.45) is 1.65. The third kappa shape index (κ3) is 1.31. The maximum atomic E-state index is 6.09. The van der Waals surface area contributed by atoms with Crippen LogP contribution in [0.2, 0.25) is 5.02 Å². The van der Waals surface area contributed by atoms with Crippen molar-refractivity contribution in [3.8, 4) is 0 Å². The molecular weight excluding hydrogens is 186 g/mol. The van der Waals surface area contributed by atoms with E-state index < -0.39 is 0 Å². The zero-order valence-corrected chi connectivity index (χ0v) is 8.30. The molecule has 1 heterocycles. The Hall–Kier alpha value is -1.02. The molecule has 0 aliphatic carbocycles. The summed E-state index contributed by atoms with van der Waals surface area (Å²) in [6.45, 7) is 4.21. The van der Waals surface area contributed by atoms with Crippen LogP contribution in [0, 0.1) is 0 Å². The maximum absolute atomic E-state index is 6.09. The SMILES string of the molecule is CC(C)c1c(Cl)ccc2nocc12. The normalized spacial score (nSPS) is 11.4. The smallest absolute Gasteiger partial charge is 0.132 e. The number of hydrogen-bond donors (Lipinski definition) is 0. The summed E-state index contributed by atoms with van der Waals surface area (Å²) in [5.74, 6) is 0.385. The maximum Gasteiger partial charge on any atom is 0.132 e. The third-order valence-electron chi connectivity index (χ3n) is 2.11. The Labute approximate surface area is 81.5 Å². The van der Waals surface area contributed by atoms with Crippen LogP contribution in [-0.4, -0.2) is 5.16 Å². The van der Waals surface area contributed by atoms with Crippen LogP contribution >= 0.6 is 11.6 Å². The van der Waals surface area contributed by atoms with E-state index >= 15 is 0 Å². The van der Waals surface area contributed by atoms with Crippen molar-refractivity contribution < 1.29 is 4.52 Å². The van der Waals surface area contributed by atoms with Crippen molar-refractivity contribution in [2.24, 2.45) is 0 Å². The topological polar surface area (TPSA) is 26.0 Å². The Bertz CT molecular complexity index is 433. The van der Waals surface area contributed by atoms with E-state index in [2.05, 4.69) is 19.0 Å². The minimum absolute atomic E-state index is 0.385. The summed E-state index contributed by atoms with van der Waals surface area (Å²) in [7, 11) is 0. The number of hydrogen-bond acceptors (Lipinski definition) is 2. The second kappa shape index (κ2) is 3.04. The second-order valence-corrected chi connectivity index (χ2v) is 3.77. The summed E-state index contributed by atoms with van der Waals surface area (Å²) in [6, 6.07) is 3.73. The van der Waals surface area contributed by atoms with Gasteiger partial charge in [-0.3, -0.25) is 0 Å². The van der Waals surface area contributed by atoms with Crippen molar-refractivity contribution in [2.75, 3.05) is 0 Å². The standard InChI is InChI=1S/C10H10ClNO/c1-6(2)10-7-5-13-12-9(7)4-3-8(10)11/h3-6H,1-2H3. The van der Waals surface area contributed by atoms with E-state index in [-0.39, 0.29) is 0 Å². The highest BCUT2D eigenvalue weighted by Crippen LogP contribution is 2.31. The van der Waals surface area contributed by atoms with E-state index in [0.717, 1.165) is 21.5 Å². The molecule has 2 aromatic rings. The van der Waals surface area contributed by atoms with Gasteiger partial charge >= 0.3 is 0 Å². The largest absolute Gasteiger partial charge is 0.363 e. The van der Waals surface area contributed by atoms with Crippen LogP contribution in [0.4, 0.5) is 0 Å². The number of rotatable bonds is 1. The molecule has 3 heteroatoms. The van der Waals surface area contributed by atoms with Gasteiger partial charge in [-0.15, -0.1) is 0 Å². The predicted molar refractivity (Wildman–Crippen MR) is 53.1 cm³/mol.